The van der Waals surface area contributed by atoms with Crippen molar-refractivity contribution in [3.63, 3.8) is 0 Å². The molecule has 3 heterocycles. The minimum Gasteiger partial charge on any atom is -0.383 e. The summed E-state index contributed by atoms with van der Waals surface area (Å²) in [6.45, 7) is -0.203. The van der Waals surface area contributed by atoms with E-state index in [9.17, 15) is 31.1 Å². The van der Waals surface area contributed by atoms with E-state index < -0.39 is 52.5 Å². The Kier molecular flexibility index (Phi) is 7.21. The number of anilines is 1. The Hall–Kier alpha value is -3.91. The smallest absolute Gasteiger partial charge is 0.383 e. The minimum atomic E-state index is -5.19. The van der Waals surface area contributed by atoms with Crippen molar-refractivity contribution in [3.8, 4) is 17.1 Å². The summed E-state index contributed by atoms with van der Waals surface area (Å²) < 4.78 is 83.3. The van der Waals surface area contributed by atoms with Gasteiger partial charge in [0.05, 0.1) is 23.4 Å². The summed E-state index contributed by atoms with van der Waals surface area (Å²) in [7, 11) is 0. The molecule has 0 aliphatic carbocycles. The molecule has 0 aliphatic rings. The molecule has 1 amide bonds. The van der Waals surface area contributed by atoms with Crippen LogP contribution in [0, 0.1) is 0 Å². The van der Waals surface area contributed by atoms with Gasteiger partial charge in [-0.2, -0.15) is 36.1 Å². The topological polar surface area (TPSA) is 112 Å². The number of aromatic nitrogens is 5. The molecule has 16 heteroatoms. The molecule has 0 saturated heterocycles. The van der Waals surface area contributed by atoms with Crippen LogP contribution >= 0.6 is 23.2 Å². The van der Waals surface area contributed by atoms with E-state index in [1.807, 2.05) is 0 Å². The van der Waals surface area contributed by atoms with E-state index in [2.05, 4.69) is 25.4 Å². The van der Waals surface area contributed by atoms with Crippen molar-refractivity contribution in [2.45, 2.75) is 18.9 Å². The van der Waals surface area contributed by atoms with Gasteiger partial charge >= 0.3 is 12.4 Å². The fraction of sp³-hybridized carbons (Fsp3) is 0.136. The van der Waals surface area contributed by atoms with Crippen molar-refractivity contribution in [1.29, 1.82) is 0 Å². The highest BCUT2D eigenvalue weighted by atomic mass is 35.5. The first-order valence-electron chi connectivity index (χ1n) is 10.3. The summed E-state index contributed by atoms with van der Waals surface area (Å²) >= 11 is 11.8. The molecule has 0 saturated carbocycles. The number of pyridine rings is 1. The van der Waals surface area contributed by atoms with Crippen molar-refractivity contribution in [1.82, 2.24) is 30.0 Å². The van der Waals surface area contributed by atoms with Crippen LogP contribution in [0.5, 0.6) is 0 Å². The summed E-state index contributed by atoms with van der Waals surface area (Å²) in [5, 5.41) is 5.55. The van der Waals surface area contributed by atoms with E-state index in [0.29, 0.717) is 11.9 Å². The summed E-state index contributed by atoms with van der Waals surface area (Å²) in [5.74, 6) is -2.88. The second-order valence-corrected chi connectivity index (χ2v) is 8.48. The van der Waals surface area contributed by atoms with E-state index in [1.54, 1.807) is 12.1 Å². The van der Waals surface area contributed by atoms with E-state index in [1.165, 1.54) is 18.3 Å². The first-order chi connectivity index (χ1) is 17.8. The number of nitrogen functional groups attached to an aromatic ring is 1. The largest absolute Gasteiger partial charge is 0.435 e. The van der Waals surface area contributed by atoms with E-state index in [4.69, 9.17) is 28.9 Å². The molecule has 0 unspecified atom stereocenters. The zero-order valence-electron chi connectivity index (χ0n) is 18.6. The second kappa shape index (κ2) is 10.1. The SMILES string of the molecule is Nc1c(-c2cc(Cl)cc(Cl)c2)c(C(F)(F)F)nn1-c1ncc(C(=O)NCc2ccccn2)c(C(F)(F)F)n1. The molecule has 4 aromatic rings. The highest BCUT2D eigenvalue weighted by molar-refractivity contribution is 6.35. The van der Waals surface area contributed by atoms with Crippen molar-refractivity contribution in [2.75, 3.05) is 5.73 Å². The third kappa shape index (κ3) is 5.65. The number of amides is 1. The van der Waals surface area contributed by atoms with Gasteiger partial charge in [0.15, 0.2) is 11.4 Å². The highest BCUT2D eigenvalue weighted by Gasteiger charge is 2.41. The summed E-state index contributed by atoms with van der Waals surface area (Å²) in [5.41, 5.74) is 1.15. The van der Waals surface area contributed by atoms with Crippen LogP contribution in [0.15, 0.2) is 48.8 Å². The normalized spacial score (nSPS) is 12.0. The van der Waals surface area contributed by atoms with Gasteiger partial charge in [0.25, 0.3) is 11.9 Å². The van der Waals surface area contributed by atoms with Gasteiger partial charge in [-0.15, -0.1) is 0 Å². The van der Waals surface area contributed by atoms with E-state index in [-0.39, 0.29) is 26.8 Å². The number of rotatable bonds is 5. The Morgan fingerprint density at radius 2 is 1.63 bits per heavy atom. The number of nitrogens with two attached hydrogens (primary N) is 1. The first-order valence-corrected chi connectivity index (χ1v) is 11.1. The number of carbonyl (C=O) groups is 1. The maximum absolute atomic E-state index is 13.8. The number of hydrogen-bond acceptors (Lipinski definition) is 6. The van der Waals surface area contributed by atoms with Gasteiger partial charge in [0, 0.05) is 22.4 Å². The molecule has 3 N–H and O–H groups in total. The van der Waals surface area contributed by atoms with Crippen molar-refractivity contribution in [3.05, 3.63) is 81.5 Å². The third-order valence-electron chi connectivity index (χ3n) is 4.98. The molecule has 0 radical (unpaired) electrons. The predicted octanol–water partition coefficient (Wildman–Crippen LogP) is 5.58. The lowest BCUT2D eigenvalue weighted by molar-refractivity contribution is -0.142. The van der Waals surface area contributed by atoms with Gasteiger partial charge in [-0.25, -0.2) is 9.97 Å². The standard InChI is InChI=1S/C22H13Cl2F6N7O/c23-11-5-10(6-12(24)7-11)15-17(22(28,29)30)36-37(18(15)31)20-34-9-14(16(35-20)21(25,26)27)19(38)33-8-13-3-1-2-4-32-13/h1-7,9H,8,31H2,(H,33,38). The van der Waals surface area contributed by atoms with Crippen LogP contribution in [0.1, 0.15) is 27.4 Å². The molecule has 3 aromatic heterocycles. The Balaban J connectivity index is 1.80. The fourth-order valence-corrected chi connectivity index (χ4v) is 3.92. The Bertz CT molecular complexity index is 1490. The van der Waals surface area contributed by atoms with Gasteiger partial charge in [-0.1, -0.05) is 29.3 Å². The molecule has 0 atom stereocenters. The number of nitrogens with zero attached hydrogens (tertiary/aromatic N) is 5. The lowest BCUT2D eigenvalue weighted by atomic mass is 10.1. The molecule has 0 spiro atoms. The van der Waals surface area contributed by atoms with Crippen molar-refractivity contribution < 1.29 is 31.1 Å². The molecular weight excluding hydrogens is 563 g/mol. The molecule has 0 aliphatic heterocycles. The minimum absolute atomic E-state index is 0.0237. The van der Waals surface area contributed by atoms with Crippen LogP contribution in [-0.2, 0) is 18.9 Å². The number of nitrogens with one attached hydrogen (secondary N) is 1. The van der Waals surface area contributed by atoms with Gasteiger partial charge < -0.3 is 11.1 Å². The lowest BCUT2D eigenvalue weighted by Gasteiger charge is -2.13. The lowest BCUT2D eigenvalue weighted by Crippen LogP contribution is -2.28. The van der Waals surface area contributed by atoms with Crippen molar-refractivity contribution in [2.24, 2.45) is 0 Å². The number of carbonyl (C=O) groups excluding carboxylic acids is 1. The highest BCUT2D eigenvalue weighted by Crippen LogP contribution is 2.42. The number of halogens is 8. The van der Waals surface area contributed by atoms with Gasteiger partial charge in [0.2, 0.25) is 0 Å². The molecule has 8 nitrogen and oxygen atoms in total. The van der Waals surface area contributed by atoms with Gasteiger partial charge in [-0.3, -0.25) is 9.78 Å². The van der Waals surface area contributed by atoms with Crippen molar-refractivity contribution >= 4 is 34.9 Å². The Labute approximate surface area is 219 Å². The second-order valence-electron chi connectivity index (χ2n) is 7.61. The molecular formula is C22H13Cl2F6N7O. The summed E-state index contributed by atoms with van der Waals surface area (Å²) in [6.07, 6.45) is -8.33. The monoisotopic (exact) mass is 575 g/mol. The number of hydrogen-bond donors (Lipinski definition) is 2. The van der Waals surface area contributed by atoms with Crippen LogP contribution in [0.25, 0.3) is 17.1 Å². The zero-order valence-corrected chi connectivity index (χ0v) is 20.1. The van der Waals surface area contributed by atoms with Crippen LogP contribution < -0.4 is 11.1 Å². The maximum Gasteiger partial charge on any atom is 0.435 e. The van der Waals surface area contributed by atoms with Gasteiger partial charge in [0.1, 0.15) is 5.82 Å². The summed E-state index contributed by atoms with van der Waals surface area (Å²) in [6, 6.07) is 8.26. The quantitative estimate of drug-likeness (QED) is 0.300. The van der Waals surface area contributed by atoms with Gasteiger partial charge in [-0.05, 0) is 35.9 Å². The fourth-order valence-electron chi connectivity index (χ4n) is 3.39. The molecule has 0 bridgehead atoms. The Morgan fingerprint density at radius 3 is 2.21 bits per heavy atom. The first kappa shape index (κ1) is 27.1. The maximum atomic E-state index is 13.8. The zero-order chi connectivity index (χ0) is 27.8. The predicted molar refractivity (Wildman–Crippen MR) is 124 cm³/mol. The third-order valence-corrected chi connectivity index (χ3v) is 5.41. The van der Waals surface area contributed by atoms with E-state index >= 15 is 0 Å². The molecule has 198 valence electrons. The average Bonchev–Trinajstić information content (AvgIpc) is 3.19. The van der Waals surface area contributed by atoms with E-state index in [0.717, 1.165) is 12.1 Å². The Morgan fingerprint density at radius 1 is 0.974 bits per heavy atom. The number of alkyl halides is 6. The molecule has 1 aromatic carbocycles. The van der Waals surface area contributed by atoms with Crippen LogP contribution in [0.2, 0.25) is 10.0 Å². The summed E-state index contributed by atoms with van der Waals surface area (Å²) in [4.78, 5) is 23.4. The average molecular weight is 576 g/mol. The number of benzene rings is 1. The molecule has 38 heavy (non-hydrogen) atoms. The molecule has 4 rings (SSSR count). The molecule has 0 fully saturated rings. The van der Waals surface area contributed by atoms with Crippen LogP contribution in [-0.4, -0.2) is 30.6 Å². The van der Waals surface area contributed by atoms with Crippen LogP contribution in [0.4, 0.5) is 32.2 Å². The van der Waals surface area contributed by atoms with Crippen LogP contribution in [0.3, 0.4) is 0 Å².